The van der Waals surface area contributed by atoms with E-state index in [1.807, 2.05) is 0 Å². The third-order valence-electron chi connectivity index (χ3n) is 3.36. The van der Waals surface area contributed by atoms with Crippen molar-refractivity contribution in [3.05, 3.63) is 23.7 Å². The molecule has 1 aromatic rings. The van der Waals surface area contributed by atoms with Crippen LogP contribution in [0.2, 0.25) is 0 Å². The highest BCUT2D eigenvalue weighted by Crippen LogP contribution is 2.13. The van der Waals surface area contributed by atoms with Gasteiger partial charge < -0.3 is 14.1 Å². The summed E-state index contributed by atoms with van der Waals surface area (Å²) < 4.78 is 10.2. The van der Waals surface area contributed by atoms with E-state index in [9.17, 15) is 9.59 Å². The smallest absolute Gasteiger partial charge is 0.325 e. The zero-order chi connectivity index (χ0) is 15.8. The van der Waals surface area contributed by atoms with Crippen LogP contribution >= 0.6 is 0 Å². The molecule has 0 fully saturated rings. The maximum absolute atomic E-state index is 12.3. The van der Waals surface area contributed by atoms with Gasteiger partial charge in [0.25, 0.3) is 5.91 Å². The van der Waals surface area contributed by atoms with Gasteiger partial charge in [-0.1, -0.05) is 13.8 Å². The quantitative estimate of drug-likeness (QED) is 0.684. The van der Waals surface area contributed by atoms with Crippen molar-refractivity contribution in [2.75, 3.05) is 33.3 Å². The molecular formula is C15H24N2O4. The third-order valence-corrected chi connectivity index (χ3v) is 3.36. The van der Waals surface area contributed by atoms with Crippen molar-refractivity contribution < 1.29 is 18.7 Å². The number of rotatable bonds is 8. The SMILES string of the molecule is CCN(CC)Cc1ccc(C(=O)N(CC)CC(=O)OC)o1. The average Bonchev–Trinajstić information content (AvgIpc) is 2.97. The van der Waals surface area contributed by atoms with Gasteiger partial charge in [0.1, 0.15) is 12.3 Å². The number of methoxy groups -OCH3 is 1. The van der Waals surface area contributed by atoms with Crippen LogP contribution in [0, 0.1) is 0 Å². The lowest BCUT2D eigenvalue weighted by molar-refractivity contribution is -0.141. The fraction of sp³-hybridized carbons (Fsp3) is 0.600. The Morgan fingerprint density at radius 1 is 1.14 bits per heavy atom. The van der Waals surface area contributed by atoms with Crippen molar-refractivity contribution in [2.24, 2.45) is 0 Å². The zero-order valence-corrected chi connectivity index (χ0v) is 13.2. The van der Waals surface area contributed by atoms with Crippen molar-refractivity contribution in [3.8, 4) is 0 Å². The molecule has 0 unspecified atom stereocenters. The standard InChI is InChI=1S/C15H24N2O4/c1-5-16(6-2)10-12-8-9-13(21-12)15(19)17(7-3)11-14(18)20-4/h8-9H,5-7,10-11H2,1-4H3. The predicted octanol–water partition coefficient (Wildman–Crippen LogP) is 1.76. The highest BCUT2D eigenvalue weighted by atomic mass is 16.5. The summed E-state index contributed by atoms with van der Waals surface area (Å²) in [4.78, 5) is 27.2. The Morgan fingerprint density at radius 3 is 2.33 bits per heavy atom. The molecule has 6 heteroatoms. The average molecular weight is 296 g/mol. The maximum Gasteiger partial charge on any atom is 0.325 e. The van der Waals surface area contributed by atoms with E-state index in [0.29, 0.717) is 13.1 Å². The molecule has 1 rings (SSSR count). The van der Waals surface area contributed by atoms with Crippen molar-refractivity contribution >= 4 is 11.9 Å². The van der Waals surface area contributed by atoms with Gasteiger partial charge in [-0.2, -0.15) is 0 Å². The van der Waals surface area contributed by atoms with Crippen LogP contribution < -0.4 is 0 Å². The molecule has 0 saturated heterocycles. The lowest BCUT2D eigenvalue weighted by Gasteiger charge is -2.18. The first kappa shape index (κ1) is 17.2. The second kappa shape index (κ2) is 8.46. The summed E-state index contributed by atoms with van der Waals surface area (Å²) in [6.45, 7) is 8.82. The molecule has 0 saturated carbocycles. The van der Waals surface area contributed by atoms with Gasteiger partial charge in [0.2, 0.25) is 0 Å². The molecule has 118 valence electrons. The lowest BCUT2D eigenvalue weighted by Crippen LogP contribution is -2.35. The summed E-state index contributed by atoms with van der Waals surface area (Å²) in [5, 5.41) is 0. The summed E-state index contributed by atoms with van der Waals surface area (Å²) in [6, 6.07) is 3.46. The first-order valence-corrected chi connectivity index (χ1v) is 7.22. The summed E-state index contributed by atoms with van der Waals surface area (Å²) >= 11 is 0. The van der Waals surface area contributed by atoms with Crippen molar-refractivity contribution in [2.45, 2.75) is 27.3 Å². The van der Waals surface area contributed by atoms with Gasteiger partial charge in [-0.3, -0.25) is 14.5 Å². The number of amides is 1. The van der Waals surface area contributed by atoms with Gasteiger partial charge in [0, 0.05) is 6.54 Å². The summed E-state index contributed by atoms with van der Waals surface area (Å²) in [5.74, 6) is 0.257. The highest BCUT2D eigenvalue weighted by Gasteiger charge is 2.21. The van der Waals surface area contributed by atoms with Crippen LogP contribution in [0.3, 0.4) is 0 Å². The van der Waals surface area contributed by atoms with Crippen LogP contribution in [0.4, 0.5) is 0 Å². The molecule has 0 spiro atoms. The van der Waals surface area contributed by atoms with Gasteiger partial charge in [0.05, 0.1) is 13.7 Å². The molecule has 1 heterocycles. The first-order valence-electron chi connectivity index (χ1n) is 7.22. The molecule has 0 aromatic carbocycles. The van der Waals surface area contributed by atoms with Crippen molar-refractivity contribution in [1.29, 1.82) is 0 Å². The van der Waals surface area contributed by atoms with Gasteiger partial charge in [0.15, 0.2) is 5.76 Å². The largest absolute Gasteiger partial charge is 0.468 e. The van der Waals surface area contributed by atoms with E-state index in [-0.39, 0.29) is 18.2 Å². The van der Waals surface area contributed by atoms with Gasteiger partial charge >= 0.3 is 5.97 Å². The molecule has 0 aliphatic carbocycles. The Balaban J connectivity index is 2.73. The summed E-state index contributed by atoms with van der Waals surface area (Å²) in [5.41, 5.74) is 0. The van der Waals surface area contributed by atoms with E-state index >= 15 is 0 Å². The minimum absolute atomic E-state index is 0.0715. The van der Waals surface area contributed by atoms with E-state index in [4.69, 9.17) is 4.42 Å². The van der Waals surface area contributed by atoms with Gasteiger partial charge in [-0.05, 0) is 32.1 Å². The van der Waals surface area contributed by atoms with Crippen LogP contribution in [-0.4, -0.2) is 55.0 Å². The second-order valence-corrected chi connectivity index (χ2v) is 4.62. The summed E-state index contributed by atoms with van der Waals surface area (Å²) in [6.07, 6.45) is 0. The molecule has 1 aromatic heterocycles. The van der Waals surface area contributed by atoms with Crippen LogP contribution in [-0.2, 0) is 16.1 Å². The molecule has 6 nitrogen and oxygen atoms in total. The number of carbonyl (C=O) groups excluding carboxylic acids is 2. The number of hydrogen-bond donors (Lipinski definition) is 0. The number of hydrogen-bond acceptors (Lipinski definition) is 5. The highest BCUT2D eigenvalue weighted by molar-refractivity contribution is 5.93. The second-order valence-electron chi connectivity index (χ2n) is 4.62. The summed E-state index contributed by atoms with van der Waals surface area (Å²) in [7, 11) is 1.30. The monoisotopic (exact) mass is 296 g/mol. The number of carbonyl (C=O) groups is 2. The zero-order valence-electron chi connectivity index (χ0n) is 13.2. The minimum atomic E-state index is -0.444. The van der Waals surface area contributed by atoms with E-state index in [2.05, 4.69) is 23.5 Å². The fourth-order valence-electron chi connectivity index (χ4n) is 1.95. The Morgan fingerprint density at radius 2 is 1.81 bits per heavy atom. The lowest BCUT2D eigenvalue weighted by atomic mass is 10.3. The van der Waals surface area contributed by atoms with E-state index < -0.39 is 5.97 Å². The molecule has 21 heavy (non-hydrogen) atoms. The molecule has 0 atom stereocenters. The van der Waals surface area contributed by atoms with Crippen molar-refractivity contribution in [1.82, 2.24) is 9.80 Å². The van der Waals surface area contributed by atoms with E-state index in [1.165, 1.54) is 12.0 Å². The molecular weight excluding hydrogens is 272 g/mol. The number of likely N-dealkylation sites (N-methyl/N-ethyl adjacent to an activating group) is 1. The number of furan rings is 1. The molecule has 0 aliphatic heterocycles. The van der Waals surface area contributed by atoms with Gasteiger partial charge in [-0.15, -0.1) is 0 Å². The molecule has 0 aliphatic rings. The predicted molar refractivity (Wildman–Crippen MR) is 78.9 cm³/mol. The minimum Gasteiger partial charge on any atom is -0.468 e. The molecule has 1 amide bonds. The molecule has 0 N–H and O–H groups in total. The topological polar surface area (TPSA) is 63.0 Å². The first-order chi connectivity index (χ1) is 10.0. The molecule has 0 bridgehead atoms. The van der Waals surface area contributed by atoms with E-state index in [0.717, 1.165) is 18.8 Å². The fourth-order valence-corrected chi connectivity index (χ4v) is 1.95. The van der Waals surface area contributed by atoms with Crippen LogP contribution in [0.5, 0.6) is 0 Å². The number of ether oxygens (including phenoxy) is 1. The van der Waals surface area contributed by atoms with Gasteiger partial charge in [-0.25, -0.2) is 0 Å². The Kier molecular flexibility index (Phi) is 6.94. The van der Waals surface area contributed by atoms with Crippen molar-refractivity contribution in [3.63, 3.8) is 0 Å². The Labute approximate surface area is 125 Å². The van der Waals surface area contributed by atoms with E-state index in [1.54, 1.807) is 19.1 Å². The number of nitrogens with zero attached hydrogens (tertiary/aromatic N) is 2. The molecule has 0 radical (unpaired) electrons. The third kappa shape index (κ3) is 4.90. The van der Waals surface area contributed by atoms with Crippen LogP contribution in [0.1, 0.15) is 37.1 Å². The Hall–Kier alpha value is -1.82. The normalized spacial score (nSPS) is 10.7. The van der Waals surface area contributed by atoms with Crippen LogP contribution in [0.25, 0.3) is 0 Å². The van der Waals surface area contributed by atoms with Crippen LogP contribution in [0.15, 0.2) is 16.5 Å². The Bertz CT molecular complexity index is 466. The number of esters is 1. The maximum atomic E-state index is 12.3.